The lowest BCUT2D eigenvalue weighted by atomic mass is 9.80. The number of ether oxygens (including phenoxy) is 1. The van der Waals surface area contributed by atoms with Gasteiger partial charge in [0.15, 0.2) is 17.4 Å². The monoisotopic (exact) mass is 471 g/mol. The van der Waals surface area contributed by atoms with Crippen molar-refractivity contribution < 1.29 is 18.3 Å². The molecule has 2 fully saturated rings. The predicted octanol–water partition coefficient (Wildman–Crippen LogP) is 3.82. The molecule has 0 unspecified atom stereocenters. The number of allylic oxidation sites excluding steroid dienone is 2. The van der Waals surface area contributed by atoms with Gasteiger partial charge in [-0.3, -0.25) is 15.2 Å². The van der Waals surface area contributed by atoms with Crippen LogP contribution in [0.5, 0.6) is 0 Å². The van der Waals surface area contributed by atoms with Crippen LogP contribution in [0.3, 0.4) is 0 Å². The first kappa shape index (κ1) is 25.4. The fraction of sp³-hybridized carbons (Fsp3) is 0.440. The van der Waals surface area contributed by atoms with E-state index in [1.165, 1.54) is 32.3 Å². The third-order valence-electron chi connectivity index (χ3n) is 6.19. The summed E-state index contributed by atoms with van der Waals surface area (Å²) in [6.45, 7) is 4.50. The third kappa shape index (κ3) is 6.90. The van der Waals surface area contributed by atoms with Gasteiger partial charge in [-0.1, -0.05) is 18.2 Å². The molecule has 1 aromatic carbocycles. The lowest BCUT2D eigenvalue weighted by Crippen LogP contribution is -2.31. The lowest BCUT2D eigenvalue weighted by Gasteiger charge is -2.32. The van der Waals surface area contributed by atoms with Crippen LogP contribution in [-0.2, 0) is 16.1 Å². The Balaban J connectivity index is 1.62. The third-order valence-corrected chi connectivity index (χ3v) is 6.19. The Bertz CT molecular complexity index is 1030. The summed E-state index contributed by atoms with van der Waals surface area (Å²) in [4.78, 5) is 21.9. The first-order valence-corrected chi connectivity index (χ1v) is 11.3. The molecule has 2 saturated heterocycles. The Labute approximate surface area is 198 Å². The number of carbonyl (C=O) groups is 1. The van der Waals surface area contributed by atoms with Gasteiger partial charge in [-0.15, -0.1) is 0 Å². The van der Waals surface area contributed by atoms with E-state index in [2.05, 4.69) is 15.3 Å². The highest BCUT2D eigenvalue weighted by Gasteiger charge is 2.38. The number of nitrogens with zero attached hydrogens (tertiary/aromatic N) is 3. The average Bonchev–Trinajstić information content (AvgIpc) is 3.19. The van der Waals surface area contributed by atoms with Gasteiger partial charge in [0, 0.05) is 58.6 Å². The number of benzene rings is 1. The van der Waals surface area contributed by atoms with Crippen molar-refractivity contribution >= 4 is 23.5 Å². The number of rotatable bonds is 8. The van der Waals surface area contributed by atoms with Crippen molar-refractivity contribution in [3.8, 4) is 0 Å². The number of aliphatic imine (C=N–C) groups is 2. The number of hydrogen-bond donors (Lipinski definition) is 2. The second-order valence-corrected chi connectivity index (χ2v) is 8.63. The molecular weight excluding hydrogens is 440 g/mol. The molecule has 2 N–H and O–H groups in total. The van der Waals surface area contributed by atoms with Crippen LogP contribution in [0.15, 0.2) is 58.1 Å². The number of likely N-dealkylation sites (tertiary alicyclic amines) is 1. The molecule has 0 aromatic heterocycles. The van der Waals surface area contributed by atoms with Gasteiger partial charge in [0.1, 0.15) is 11.5 Å². The molecule has 0 atom stereocenters. The number of carbonyl (C=O) groups excluding carboxylic acids is 1. The van der Waals surface area contributed by atoms with E-state index in [0.29, 0.717) is 5.56 Å². The van der Waals surface area contributed by atoms with Crippen LogP contribution in [-0.4, -0.2) is 61.8 Å². The molecule has 7 nitrogen and oxygen atoms in total. The minimum Gasteiger partial charge on any atom is -0.381 e. The number of nitrogens with one attached hydrogen (secondary N) is 2. The first-order chi connectivity index (χ1) is 16.3. The SMILES string of the molecule is C\N=C(/N=C\C(F)=C\N1CCC2(CCOCC2)C1)C(=N)/C=C(\NCc1ccccc1F)C(C)=O. The molecule has 0 radical (unpaired) electrons. The molecule has 2 heterocycles. The summed E-state index contributed by atoms with van der Waals surface area (Å²) < 4.78 is 33.8. The van der Waals surface area contributed by atoms with Crippen molar-refractivity contribution in [3.05, 3.63) is 59.4 Å². The standard InChI is InChI=1S/C25H31F2N5O2/c1-18(33)23(30-14-19-5-3-4-6-21(19)27)13-22(28)24(29-2)31-15-20(26)16-32-10-7-25(17-32)8-11-34-12-9-25/h3-6,13,15-16,28,30H,7-12,14,17H2,1-2H3/b20-16-,23-13-,28-22?,29-24-,31-15-. The normalized spacial score (nSPS) is 19.2. The van der Waals surface area contributed by atoms with Crippen molar-refractivity contribution in [3.63, 3.8) is 0 Å². The summed E-state index contributed by atoms with van der Waals surface area (Å²) in [5, 5.41) is 11.1. The topological polar surface area (TPSA) is 90.1 Å². The fourth-order valence-corrected chi connectivity index (χ4v) is 4.19. The maximum absolute atomic E-state index is 14.5. The minimum absolute atomic E-state index is 0.0303. The Hall–Kier alpha value is -3.20. The van der Waals surface area contributed by atoms with E-state index >= 15 is 0 Å². The average molecular weight is 472 g/mol. The molecule has 3 rings (SSSR count). The van der Waals surface area contributed by atoms with E-state index in [-0.39, 0.29) is 35.0 Å². The molecule has 1 spiro atoms. The molecule has 2 aliphatic rings. The number of amidine groups is 1. The first-order valence-electron chi connectivity index (χ1n) is 11.3. The molecule has 34 heavy (non-hydrogen) atoms. The Morgan fingerprint density at radius 2 is 2.03 bits per heavy atom. The largest absolute Gasteiger partial charge is 0.381 e. The Morgan fingerprint density at radius 1 is 1.29 bits per heavy atom. The number of halogens is 2. The second kappa shape index (κ2) is 11.8. The van der Waals surface area contributed by atoms with E-state index in [4.69, 9.17) is 10.1 Å². The molecule has 2 aliphatic heterocycles. The summed E-state index contributed by atoms with van der Waals surface area (Å²) in [5.41, 5.74) is 0.535. The number of Topliss-reactive ketones (excluding diaryl/α,β-unsaturated/α-hetero) is 1. The van der Waals surface area contributed by atoms with E-state index in [9.17, 15) is 13.6 Å². The van der Waals surface area contributed by atoms with Gasteiger partial charge in [-0.05, 0) is 36.8 Å². The summed E-state index contributed by atoms with van der Waals surface area (Å²) in [6.07, 6.45) is 6.73. The lowest BCUT2D eigenvalue weighted by molar-refractivity contribution is -0.114. The van der Waals surface area contributed by atoms with Crippen molar-refractivity contribution in [2.75, 3.05) is 33.4 Å². The molecule has 9 heteroatoms. The van der Waals surface area contributed by atoms with Crippen LogP contribution in [0.4, 0.5) is 8.78 Å². The Morgan fingerprint density at radius 3 is 2.71 bits per heavy atom. The number of hydrogen-bond acceptors (Lipinski definition) is 6. The highest BCUT2D eigenvalue weighted by atomic mass is 19.1. The molecule has 0 amide bonds. The summed E-state index contributed by atoms with van der Waals surface area (Å²) >= 11 is 0. The van der Waals surface area contributed by atoms with Gasteiger partial charge < -0.3 is 15.0 Å². The smallest absolute Gasteiger partial charge is 0.175 e. The molecule has 182 valence electrons. The van der Waals surface area contributed by atoms with Gasteiger partial charge in [0.25, 0.3) is 0 Å². The quantitative estimate of drug-likeness (QED) is 0.343. The zero-order valence-corrected chi connectivity index (χ0v) is 19.6. The molecule has 0 bridgehead atoms. The van der Waals surface area contributed by atoms with Crippen LogP contribution >= 0.6 is 0 Å². The van der Waals surface area contributed by atoms with Crippen LogP contribution < -0.4 is 5.32 Å². The zero-order chi connectivity index (χ0) is 24.6. The van der Waals surface area contributed by atoms with Crippen molar-refractivity contribution in [2.45, 2.75) is 32.7 Å². The summed E-state index contributed by atoms with van der Waals surface area (Å²) in [5.74, 6) is -1.29. The highest BCUT2D eigenvalue weighted by Crippen LogP contribution is 2.39. The van der Waals surface area contributed by atoms with Gasteiger partial charge >= 0.3 is 0 Å². The van der Waals surface area contributed by atoms with Crippen LogP contribution in [0.25, 0.3) is 0 Å². The van der Waals surface area contributed by atoms with Crippen molar-refractivity contribution in [1.82, 2.24) is 10.2 Å². The van der Waals surface area contributed by atoms with E-state index in [0.717, 1.165) is 51.8 Å². The van der Waals surface area contributed by atoms with Gasteiger partial charge in [-0.25, -0.2) is 13.8 Å². The molecular formula is C25H31F2N5O2. The summed E-state index contributed by atoms with van der Waals surface area (Å²) in [6, 6.07) is 6.22. The predicted molar refractivity (Wildman–Crippen MR) is 129 cm³/mol. The van der Waals surface area contributed by atoms with Gasteiger partial charge in [0.05, 0.1) is 11.9 Å². The molecule has 1 aromatic rings. The van der Waals surface area contributed by atoms with Crippen molar-refractivity contribution in [1.29, 1.82) is 5.41 Å². The fourth-order valence-electron chi connectivity index (χ4n) is 4.19. The maximum atomic E-state index is 14.5. The second-order valence-electron chi connectivity index (χ2n) is 8.63. The maximum Gasteiger partial charge on any atom is 0.175 e. The van der Waals surface area contributed by atoms with Crippen LogP contribution in [0.2, 0.25) is 0 Å². The van der Waals surface area contributed by atoms with Crippen molar-refractivity contribution in [2.24, 2.45) is 15.4 Å². The zero-order valence-electron chi connectivity index (χ0n) is 19.6. The number of ketones is 1. The van der Waals surface area contributed by atoms with E-state index in [1.54, 1.807) is 18.2 Å². The molecule has 0 aliphatic carbocycles. The molecule has 0 saturated carbocycles. The minimum atomic E-state index is -0.536. The van der Waals surface area contributed by atoms with Gasteiger partial charge in [-0.2, -0.15) is 0 Å². The highest BCUT2D eigenvalue weighted by molar-refractivity contribution is 6.46. The summed E-state index contributed by atoms with van der Waals surface area (Å²) in [7, 11) is 1.44. The van der Waals surface area contributed by atoms with E-state index in [1.807, 2.05) is 4.90 Å². The van der Waals surface area contributed by atoms with Gasteiger partial charge in [0.2, 0.25) is 0 Å². The van der Waals surface area contributed by atoms with Crippen LogP contribution in [0.1, 0.15) is 31.7 Å². The van der Waals surface area contributed by atoms with Crippen LogP contribution in [0, 0.1) is 16.6 Å². The van der Waals surface area contributed by atoms with E-state index < -0.39 is 11.6 Å². The Kier molecular flexibility index (Phi) is 8.81.